The van der Waals surface area contributed by atoms with Crippen molar-refractivity contribution < 1.29 is 4.79 Å². The predicted octanol–water partition coefficient (Wildman–Crippen LogP) is 2.38. The third kappa shape index (κ3) is 2.33. The maximum Gasteiger partial charge on any atom is 0.168 e. The Labute approximate surface area is 118 Å². The molecule has 0 aliphatic carbocycles. The number of anilines is 1. The van der Waals surface area contributed by atoms with E-state index in [1.807, 2.05) is 29.9 Å². The zero-order valence-corrected chi connectivity index (χ0v) is 11.9. The topological polar surface area (TPSA) is 46.9 Å². The number of carbonyl (C=O) groups excluding carboxylic acids is 1. The number of ketones is 1. The molecule has 1 aromatic carbocycles. The lowest BCUT2D eigenvalue weighted by Crippen LogP contribution is -2.08. The summed E-state index contributed by atoms with van der Waals surface area (Å²) in [5.41, 5.74) is 5.19. The number of aryl methyl sites for hydroxylation is 2. The van der Waals surface area contributed by atoms with Crippen LogP contribution in [-0.2, 0) is 26.3 Å². The maximum atomic E-state index is 12.4. The van der Waals surface area contributed by atoms with E-state index in [2.05, 4.69) is 23.4 Å². The van der Waals surface area contributed by atoms with Crippen LogP contribution in [0.25, 0.3) is 0 Å². The molecule has 0 atom stereocenters. The molecule has 2 heterocycles. The number of benzene rings is 1. The summed E-state index contributed by atoms with van der Waals surface area (Å²) < 4.78 is 1.81. The van der Waals surface area contributed by atoms with Gasteiger partial charge in [0.25, 0.3) is 0 Å². The van der Waals surface area contributed by atoms with Gasteiger partial charge in [-0.05, 0) is 30.5 Å². The molecule has 0 bridgehead atoms. The summed E-state index contributed by atoms with van der Waals surface area (Å²) in [5, 5.41) is 7.70. The SMILES string of the molecule is CCc1cc(CC(=O)c2ccc3c(c2)NCC3)n(C)n1. The number of carbonyl (C=O) groups is 1. The van der Waals surface area contributed by atoms with E-state index in [4.69, 9.17) is 0 Å². The van der Waals surface area contributed by atoms with Crippen molar-refractivity contribution in [1.29, 1.82) is 0 Å². The Bertz CT molecular complexity index is 658. The van der Waals surface area contributed by atoms with Crippen LogP contribution in [0.4, 0.5) is 5.69 Å². The minimum atomic E-state index is 0.146. The molecule has 0 saturated carbocycles. The fourth-order valence-electron chi connectivity index (χ4n) is 2.64. The Kier molecular flexibility index (Phi) is 3.30. The van der Waals surface area contributed by atoms with E-state index < -0.39 is 0 Å². The molecule has 1 aromatic heterocycles. The van der Waals surface area contributed by atoms with Gasteiger partial charge in [0.1, 0.15) is 0 Å². The Morgan fingerprint density at radius 1 is 1.40 bits per heavy atom. The number of aromatic nitrogens is 2. The van der Waals surface area contributed by atoms with Gasteiger partial charge in [-0.1, -0.05) is 19.1 Å². The highest BCUT2D eigenvalue weighted by molar-refractivity contribution is 5.98. The van der Waals surface area contributed by atoms with E-state index in [9.17, 15) is 4.79 Å². The predicted molar refractivity (Wildman–Crippen MR) is 79.3 cm³/mol. The highest BCUT2D eigenvalue weighted by Crippen LogP contribution is 2.24. The fourth-order valence-corrected chi connectivity index (χ4v) is 2.64. The molecule has 0 radical (unpaired) electrons. The monoisotopic (exact) mass is 269 g/mol. The molecule has 3 rings (SSSR count). The lowest BCUT2D eigenvalue weighted by Gasteiger charge is -2.05. The normalized spacial score (nSPS) is 13.1. The van der Waals surface area contributed by atoms with Crippen LogP contribution in [0.2, 0.25) is 0 Å². The molecule has 0 unspecified atom stereocenters. The summed E-state index contributed by atoms with van der Waals surface area (Å²) in [6.45, 7) is 3.04. The van der Waals surface area contributed by atoms with Crippen molar-refractivity contribution in [3.63, 3.8) is 0 Å². The van der Waals surface area contributed by atoms with Crippen LogP contribution in [0.15, 0.2) is 24.3 Å². The van der Waals surface area contributed by atoms with E-state index in [0.29, 0.717) is 6.42 Å². The molecule has 4 heteroatoms. The molecule has 20 heavy (non-hydrogen) atoms. The molecule has 104 valence electrons. The number of Topliss-reactive ketones (excluding diaryl/α,β-unsaturated/α-hetero) is 1. The minimum Gasteiger partial charge on any atom is -0.384 e. The largest absolute Gasteiger partial charge is 0.384 e. The summed E-state index contributed by atoms with van der Waals surface area (Å²) in [7, 11) is 1.89. The molecule has 1 aliphatic heterocycles. The number of nitrogens with zero attached hydrogens (tertiary/aromatic N) is 2. The van der Waals surface area contributed by atoms with Crippen molar-refractivity contribution in [2.75, 3.05) is 11.9 Å². The number of hydrogen-bond acceptors (Lipinski definition) is 3. The maximum absolute atomic E-state index is 12.4. The van der Waals surface area contributed by atoms with Gasteiger partial charge < -0.3 is 5.32 Å². The van der Waals surface area contributed by atoms with Gasteiger partial charge in [0, 0.05) is 30.5 Å². The number of hydrogen-bond donors (Lipinski definition) is 1. The van der Waals surface area contributed by atoms with Gasteiger partial charge in [0.15, 0.2) is 5.78 Å². The lowest BCUT2D eigenvalue weighted by atomic mass is 10.0. The summed E-state index contributed by atoms with van der Waals surface area (Å²) in [5.74, 6) is 0.146. The van der Waals surface area contributed by atoms with Gasteiger partial charge in [-0.3, -0.25) is 9.48 Å². The average molecular weight is 269 g/mol. The van der Waals surface area contributed by atoms with Gasteiger partial charge in [-0.15, -0.1) is 0 Å². The van der Waals surface area contributed by atoms with Gasteiger partial charge >= 0.3 is 0 Å². The second-order valence-corrected chi connectivity index (χ2v) is 5.25. The summed E-state index contributed by atoms with van der Waals surface area (Å²) in [4.78, 5) is 12.4. The summed E-state index contributed by atoms with van der Waals surface area (Å²) >= 11 is 0. The van der Waals surface area contributed by atoms with Crippen LogP contribution in [-0.4, -0.2) is 22.1 Å². The first-order valence-electron chi connectivity index (χ1n) is 7.09. The highest BCUT2D eigenvalue weighted by Gasteiger charge is 2.15. The van der Waals surface area contributed by atoms with Crippen molar-refractivity contribution in [3.05, 3.63) is 46.8 Å². The Morgan fingerprint density at radius 2 is 2.25 bits per heavy atom. The quantitative estimate of drug-likeness (QED) is 0.867. The van der Waals surface area contributed by atoms with E-state index in [-0.39, 0.29) is 5.78 Å². The molecule has 0 saturated heterocycles. The summed E-state index contributed by atoms with van der Waals surface area (Å²) in [6.07, 6.45) is 2.35. The van der Waals surface area contributed by atoms with Crippen LogP contribution in [0.1, 0.15) is 34.2 Å². The Balaban J connectivity index is 1.80. The van der Waals surface area contributed by atoms with Crippen molar-refractivity contribution in [2.45, 2.75) is 26.2 Å². The van der Waals surface area contributed by atoms with Crippen molar-refractivity contribution in [2.24, 2.45) is 7.05 Å². The average Bonchev–Trinajstić information content (AvgIpc) is 3.04. The third-order valence-electron chi connectivity index (χ3n) is 3.87. The van der Waals surface area contributed by atoms with E-state index in [1.165, 1.54) is 5.56 Å². The first-order valence-corrected chi connectivity index (χ1v) is 7.09. The van der Waals surface area contributed by atoms with Crippen LogP contribution >= 0.6 is 0 Å². The molecule has 1 aliphatic rings. The van der Waals surface area contributed by atoms with Crippen LogP contribution in [0, 0.1) is 0 Å². The minimum absolute atomic E-state index is 0.146. The highest BCUT2D eigenvalue weighted by atomic mass is 16.1. The number of fused-ring (bicyclic) bond motifs is 1. The molecule has 0 fully saturated rings. The Hall–Kier alpha value is -2.10. The van der Waals surface area contributed by atoms with Crippen LogP contribution < -0.4 is 5.32 Å². The van der Waals surface area contributed by atoms with Crippen molar-refractivity contribution in [3.8, 4) is 0 Å². The van der Waals surface area contributed by atoms with Crippen molar-refractivity contribution in [1.82, 2.24) is 9.78 Å². The number of rotatable bonds is 4. The summed E-state index contributed by atoms with van der Waals surface area (Å²) in [6, 6.07) is 7.99. The molecule has 2 aromatic rings. The second kappa shape index (κ2) is 5.12. The molecule has 4 nitrogen and oxygen atoms in total. The number of nitrogens with one attached hydrogen (secondary N) is 1. The molecule has 0 spiro atoms. The van der Waals surface area contributed by atoms with E-state index >= 15 is 0 Å². The van der Waals surface area contributed by atoms with Gasteiger partial charge in [-0.25, -0.2) is 0 Å². The lowest BCUT2D eigenvalue weighted by molar-refractivity contribution is 0.0991. The molecular weight excluding hydrogens is 250 g/mol. The van der Waals surface area contributed by atoms with Gasteiger partial charge in [0.2, 0.25) is 0 Å². The molecule has 0 amide bonds. The smallest absolute Gasteiger partial charge is 0.168 e. The first kappa shape index (κ1) is 12.9. The third-order valence-corrected chi connectivity index (χ3v) is 3.87. The van der Waals surface area contributed by atoms with Gasteiger partial charge in [-0.2, -0.15) is 5.10 Å². The first-order chi connectivity index (χ1) is 9.67. The standard InChI is InChI=1S/C16H19N3O/c1-3-13-9-14(19(2)18-13)10-16(20)12-5-4-11-6-7-17-15(11)8-12/h4-5,8-9,17H,3,6-7,10H2,1-2H3. The van der Waals surface area contributed by atoms with E-state index in [0.717, 1.165) is 42.0 Å². The van der Waals surface area contributed by atoms with E-state index in [1.54, 1.807) is 0 Å². The second-order valence-electron chi connectivity index (χ2n) is 5.25. The van der Waals surface area contributed by atoms with Crippen molar-refractivity contribution >= 4 is 11.5 Å². The Morgan fingerprint density at radius 3 is 3.00 bits per heavy atom. The van der Waals surface area contributed by atoms with Crippen LogP contribution in [0.3, 0.4) is 0 Å². The van der Waals surface area contributed by atoms with Gasteiger partial charge in [0.05, 0.1) is 12.1 Å². The van der Waals surface area contributed by atoms with Crippen LogP contribution in [0.5, 0.6) is 0 Å². The zero-order chi connectivity index (χ0) is 14.1. The molecule has 1 N–H and O–H groups in total. The zero-order valence-electron chi connectivity index (χ0n) is 11.9. The molecular formula is C16H19N3O. The fraction of sp³-hybridized carbons (Fsp3) is 0.375.